The summed E-state index contributed by atoms with van der Waals surface area (Å²) in [5.74, 6) is 0.871. The molecule has 0 atom stereocenters. The van der Waals surface area contributed by atoms with Gasteiger partial charge in [0.05, 0.1) is 0 Å². The molecule has 5 heteroatoms. The molecule has 0 aliphatic rings. The Kier molecular flexibility index (Phi) is 3.71. The molecular formula is C16H13ClN4. The smallest absolute Gasteiger partial charge is 0.229 e. The van der Waals surface area contributed by atoms with Crippen LogP contribution in [0.15, 0.2) is 60.8 Å². The van der Waals surface area contributed by atoms with E-state index in [2.05, 4.69) is 15.3 Å². The second-order valence-electron chi connectivity index (χ2n) is 4.49. The summed E-state index contributed by atoms with van der Waals surface area (Å²) < 4.78 is 0. The molecule has 4 nitrogen and oxygen atoms in total. The summed E-state index contributed by atoms with van der Waals surface area (Å²) in [5, 5.41) is 3.76. The van der Waals surface area contributed by atoms with Crippen molar-refractivity contribution in [2.45, 2.75) is 0 Å². The van der Waals surface area contributed by atoms with Gasteiger partial charge in [-0.2, -0.15) is 4.98 Å². The minimum absolute atomic E-state index is 0.408. The number of aromatic nitrogens is 2. The highest BCUT2D eigenvalue weighted by atomic mass is 35.5. The van der Waals surface area contributed by atoms with Gasteiger partial charge in [-0.25, -0.2) is 4.98 Å². The maximum atomic E-state index is 6.02. The first-order chi connectivity index (χ1) is 10.2. The number of nitrogen functional groups attached to an aromatic ring is 1. The Morgan fingerprint density at radius 1 is 1.00 bits per heavy atom. The lowest BCUT2D eigenvalue weighted by molar-refractivity contribution is 1.18. The van der Waals surface area contributed by atoms with Crippen LogP contribution in [-0.2, 0) is 0 Å². The van der Waals surface area contributed by atoms with Gasteiger partial charge in [0, 0.05) is 22.5 Å². The molecule has 0 saturated carbocycles. The number of halogens is 1. The first-order valence-electron chi connectivity index (χ1n) is 6.43. The second kappa shape index (κ2) is 5.81. The highest BCUT2D eigenvalue weighted by molar-refractivity contribution is 6.30. The number of benzene rings is 2. The molecule has 3 N–H and O–H groups in total. The predicted octanol–water partition coefficient (Wildman–Crippen LogP) is 4.12. The third kappa shape index (κ3) is 3.12. The van der Waals surface area contributed by atoms with Gasteiger partial charge >= 0.3 is 0 Å². The minimum atomic E-state index is 0.408. The molecule has 0 amide bonds. The van der Waals surface area contributed by atoms with Crippen LogP contribution in [0.4, 0.5) is 17.5 Å². The largest absolute Gasteiger partial charge is 0.383 e. The zero-order valence-corrected chi connectivity index (χ0v) is 11.9. The standard InChI is InChI=1S/C16H13ClN4/c17-12-6-4-5-11(9-12)14-10-19-16(21-15(14)18)20-13-7-2-1-3-8-13/h1-10H,(H3,18,19,20,21). The Morgan fingerprint density at radius 2 is 1.81 bits per heavy atom. The van der Waals surface area contributed by atoms with E-state index in [9.17, 15) is 0 Å². The van der Waals surface area contributed by atoms with Crippen LogP contribution < -0.4 is 11.1 Å². The molecule has 0 spiro atoms. The second-order valence-corrected chi connectivity index (χ2v) is 4.93. The highest BCUT2D eigenvalue weighted by Crippen LogP contribution is 2.27. The number of hydrogen-bond donors (Lipinski definition) is 2. The van der Waals surface area contributed by atoms with Gasteiger partial charge in [-0.3, -0.25) is 0 Å². The van der Waals surface area contributed by atoms with E-state index in [1.807, 2.05) is 54.6 Å². The van der Waals surface area contributed by atoms with Crippen LogP contribution in [0, 0.1) is 0 Å². The number of para-hydroxylation sites is 1. The quantitative estimate of drug-likeness (QED) is 0.763. The van der Waals surface area contributed by atoms with E-state index in [0.717, 1.165) is 16.8 Å². The van der Waals surface area contributed by atoms with Crippen molar-refractivity contribution >= 4 is 29.1 Å². The molecule has 104 valence electrons. The van der Waals surface area contributed by atoms with Gasteiger partial charge in [0.15, 0.2) is 0 Å². The molecule has 0 fully saturated rings. The minimum Gasteiger partial charge on any atom is -0.383 e. The van der Waals surface area contributed by atoms with E-state index in [4.69, 9.17) is 17.3 Å². The van der Waals surface area contributed by atoms with Gasteiger partial charge in [0.25, 0.3) is 0 Å². The Labute approximate surface area is 127 Å². The third-order valence-electron chi connectivity index (χ3n) is 2.98. The molecule has 3 rings (SSSR count). The predicted molar refractivity (Wildman–Crippen MR) is 86.6 cm³/mol. The van der Waals surface area contributed by atoms with Crippen LogP contribution in [0.2, 0.25) is 5.02 Å². The summed E-state index contributed by atoms with van der Waals surface area (Å²) in [5.41, 5.74) is 8.59. The molecule has 1 aromatic heterocycles. The maximum absolute atomic E-state index is 6.02. The molecule has 3 aromatic rings. The lowest BCUT2D eigenvalue weighted by atomic mass is 10.1. The van der Waals surface area contributed by atoms with E-state index in [-0.39, 0.29) is 0 Å². The van der Waals surface area contributed by atoms with Crippen LogP contribution in [0.25, 0.3) is 11.1 Å². The van der Waals surface area contributed by atoms with E-state index < -0.39 is 0 Å². The topological polar surface area (TPSA) is 63.8 Å². The van der Waals surface area contributed by atoms with E-state index >= 15 is 0 Å². The van der Waals surface area contributed by atoms with Crippen molar-refractivity contribution < 1.29 is 0 Å². The number of nitrogens with one attached hydrogen (secondary N) is 1. The molecule has 0 radical (unpaired) electrons. The fourth-order valence-electron chi connectivity index (χ4n) is 1.98. The number of rotatable bonds is 3. The molecule has 0 bridgehead atoms. The fraction of sp³-hybridized carbons (Fsp3) is 0. The Hall–Kier alpha value is -2.59. The summed E-state index contributed by atoms with van der Waals surface area (Å²) >= 11 is 5.99. The maximum Gasteiger partial charge on any atom is 0.229 e. The van der Waals surface area contributed by atoms with Crippen molar-refractivity contribution in [2.75, 3.05) is 11.1 Å². The highest BCUT2D eigenvalue weighted by Gasteiger charge is 2.07. The number of anilines is 3. The molecule has 0 aliphatic heterocycles. The first-order valence-corrected chi connectivity index (χ1v) is 6.81. The van der Waals surface area contributed by atoms with Gasteiger partial charge in [-0.1, -0.05) is 41.9 Å². The van der Waals surface area contributed by atoms with E-state index in [0.29, 0.717) is 16.8 Å². The van der Waals surface area contributed by atoms with Crippen molar-refractivity contribution in [1.29, 1.82) is 0 Å². The molecule has 2 aromatic carbocycles. The van der Waals surface area contributed by atoms with Gasteiger partial charge in [0.2, 0.25) is 5.95 Å². The Bertz CT molecular complexity index is 759. The van der Waals surface area contributed by atoms with Gasteiger partial charge in [0.1, 0.15) is 5.82 Å². The van der Waals surface area contributed by atoms with Crippen LogP contribution >= 0.6 is 11.6 Å². The van der Waals surface area contributed by atoms with Crippen molar-refractivity contribution in [3.8, 4) is 11.1 Å². The van der Waals surface area contributed by atoms with Crippen LogP contribution in [-0.4, -0.2) is 9.97 Å². The molecule has 1 heterocycles. The lowest BCUT2D eigenvalue weighted by Gasteiger charge is -2.08. The molecule has 21 heavy (non-hydrogen) atoms. The molecular weight excluding hydrogens is 284 g/mol. The monoisotopic (exact) mass is 296 g/mol. The molecule has 0 unspecified atom stereocenters. The summed E-state index contributed by atoms with van der Waals surface area (Å²) in [4.78, 5) is 8.58. The average Bonchev–Trinajstić information content (AvgIpc) is 2.48. The summed E-state index contributed by atoms with van der Waals surface area (Å²) in [7, 11) is 0. The zero-order chi connectivity index (χ0) is 14.7. The first kappa shape index (κ1) is 13.4. The SMILES string of the molecule is Nc1nc(Nc2ccccc2)ncc1-c1cccc(Cl)c1. The van der Waals surface area contributed by atoms with Crippen LogP contribution in [0.5, 0.6) is 0 Å². The fourth-order valence-corrected chi connectivity index (χ4v) is 2.17. The Balaban J connectivity index is 1.90. The normalized spacial score (nSPS) is 10.3. The number of hydrogen-bond acceptors (Lipinski definition) is 4. The average molecular weight is 297 g/mol. The lowest BCUT2D eigenvalue weighted by Crippen LogP contribution is -2.02. The van der Waals surface area contributed by atoms with Gasteiger partial charge < -0.3 is 11.1 Å². The number of nitrogens with zero attached hydrogens (tertiary/aromatic N) is 2. The van der Waals surface area contributed by atoms with E-state index in [1.165, 1.54) is 0 Å². The van der Waals surface area contributed by atoms with Gasteiger partial charge in [-0.15, -0.1) is 0 Å². The summed E-state index contributed by atoms with van der Waals surface area (Å²) in [6.07, 6.45) is 1.69. The van der Waals surface area contributed by atoms with Crippen molar-refractivity contribution in [2.24, 2.45) is 0 Å². The molecule has 0 saturated heterocycles. The van der Waals surface area contributed by atoms with Crippen LogP contribution in [0.3, 0.4) is 0 Å². The summed E-state index contributed by atoms with van der Waals surface area (Å²) in [6.45, 7) is 0. The van der Waals surface area contributed by atoms with Crippen LogP contribution in [0.1, 0.15) is 0 Å². The third-order valence-corrected chi connectivity index (χ3v) is 3.22. The Morgan fingerprint density at radius 3 is 2.52 bits per heavy atom. The van der Waals surface area contributed by atoms with Crippen molar-refractivity contribution in [3.63, 3.8) is 0 Å². The zero-order valence-electron chi connectivity index (χ0n) is 11.1. The van der Waals surface area contributed by atoms with Crippen molar-refractivity contribution in [1.82, 2.24) is 9.97 Å². The molecule has 0 aliphatic carbocycles. The van der Waals surface area contributed by atoms with E-state index in [1.54, 1.807) is 6.20 Å². The van der Waals surface area contributed by atoms with Gasteiger partial charge in [-0.05, 0) is 29.8 Å². The number of nitrogens with two attached hydrogens (primary N) is 1. The summed E-state index contributed by atoms with van der Waals surface area (Å²) in [6, 6.07) is 17.1. The van der Waals surface area contributed by atoms with Crippen molar-refractivity contribution in [3.05, 3.63) is 65.8 Å².